The first-order valence-corrected chi connectivity index (χ1v) is 9.91. The van der Waals surface area contributed by atoms with Crippen LogP contribution in [0.5, 0.6) is 17.4 Å². The molecule has 0 atom stereocenters. The van der Waals surface area contributed by atoms with Gasteiger partial charge < -0.3 is 14.8 Å². The summed E-state index contributed by atoms with van der Waals surface area (Å²) in [5.74, 6) is -1.17. The summed E-state index contributed by atoms with van der Waals surface area (Å²) in [4.78, 5) is 33.1. The van der Waals surface area contributed by atoms with Crippen LogP contribution in [0, 0.1) is 0 Å². The summed E-state index contributed by atoms with van der Waals surface area (Å²) >= 11 is 0. The molecule has 0 unspecified atom stereocenters. The highest BCUT2D eigenvalue weighted by atomic mass is 19.4. The number of alkyl halides is 3. The average Bonchev–Trinajstić information content (AvgIpc) is 2.79. The normalized spacial score (nSPS) is 11.2. The maximum atomic E-state index is 13.0. The molecule has 0 aliphatic carbocycles. The highest BCUT2D eigenvalue weighted by molar-refractivity contribution is 6.05. The predicted octanol–water partition coefficient (Wildman–Crippen LogP) is 5.78. The van der Waals surface area contributed by atoms with Crippen molar-refractivity contribution in [1.29, 1.82) is 0 Å². The number of Topliss-reactive ketones (excluding diaryl/α,β-unsaturated/α-hetero) is 1. The number of para-hydroxylation sites is 2. The number of hydrogen-bond acceptors (Lipinski definition) is 6. The summed E-state index contributed by atoms with van der Waals surface area (Å²) in [6.45, 7) is 1.43. The fraction of sp³-hybridized carbons (Fsp3) is 0.0833. The van der Waals surface area contributed by atoms with E-state index in [0.717, 1.165) is 12.1 Å². The molecule has 1 N–H and O–H groups in total. The van der Waals surface area contributed by atoms with Crippen molar-refractivity contribution in [1.82, 2.24) is 9.97 Å². The molecule has 10 heteroatoms. The zero-order valence-corrected chi connectivity index (χ0v) is 17.6. The third kappa shape index (κ3) is 5.47. The van der Waals surface area contributed by atoms with Crippen molar-refractivity contribution < 1.29 is 32.2 Å². The first kappa shape index (κ1) is 22.7. The van der Waals surface area contributed by atoms with Gasteiger partial charge in [-0.1, -0.05) is 12.1 Å². The van der Waals surface area contributed by atoms with Gasteiger partial charge in [-0.2, -0.15) is 0 Å². The Morgan fingerprint density at radius 2 is 1.41 bits per heavy atom. The monoisotopic (exact) mass is 467 g/mol. The summed E-state index contributed by atoms with van der Waals surface area (Å²) in [6.07, 6.45) is -4.82. The van der Waals surface area contributed by atoms with Gasteiger partial charge in [-0.3, -0.25) is 9.59 Å². The molecular formula is C24H16F3N3O4. The average molecular weight is 467 g/mol. The molecule has 172 valence electrons. The lowest BCUT2D eigenvalue weighted by molar-refractivity contribution is -0.274. The third-order valence-electron chi connectivity index (χ3n) is 4.57. The van der Waals surface area contributed by atoms with Gasteiger partial charge >= 0.3 is 6.36 Å². The van der Waals surface area contributed by atoms with Crippen molar-refractivity contribution in [3.8, 4) is 17.4 Å². The standard InChI is InChI=1S/C24H16F3N3O4/c1-14(31)15-6-8-16(9-7-15)28-22(32)21-23(30-20-5-3-2-4-19(20)29-21)33-17-10-12-18(13-11-17)34-24(25,26)27/h2-13H,1H3,(H,28,32). The van der Waals surface area contributed by atoms with Gasteiger partial charge in [0.2, 0.25) is 0 Å². The zero-order chi connectivity index (χ0) is 24.3. The number of ketones is 1. The minimum atomic E-state index is -4.82. The SMILES string of the molecule is CC(=O)c1ccc(NC(=O)c2nc3ccccc3nc2Oc2ccc(OC(F)(F)F)cc2)cc1. The second-order valence-corrected chi connectivity index (χ2v) is 7.08. The van der Waals surface area contributed by atoms with Crippen LogP contribution in [0.1, 0.15) is 27.8 Å². The number of anilines is 1. The van der Waals surface area contributed by atoms with E-state index < -0.39 is 18.0 Å². The van der Waals surface area contributed by atoms with E-state index in [0.29, 0.717) is 22.3 Å². The van der Waals surface area contributed by atoms with Crippen molar-refractivity contribution in [3.63, 3.8) is 0 Å². The van der Waals surface area contributed by atoms with E-state index in [4.69, 9.17) is 4.74 Å². The van der Waals surface area contributed by atoms with Gasteiger partial charge in [0.05, 0.1) is 11.0 Å². The van der Waals surface area contributed by atoms with Gasteiger partial charge in [0.25, 0.3) is 11.8 Å². The van der Waals surface area contributed by atoms with Gasteiger partial charge in [0.15, 0.2) is 11.5 Å². The van der Waals surface area contributed by atoms with Crippen LogP contribution in [0.2, 0.25) is 0 Å². The lowest BCUT2D eigenvalue weighted by Gasteiger charge is -2.12. The highest BCUT2D eigenvalue weighted by Crippen LogP contribution is 2.29. The van der Waals surface area contributed by atoms with Crippen molar-refractivity contribution in [2.75, 3.05) is 5.32 Å². The van der Waals surface area contributed by atoms with Crippen molar-refractivity contribution in [3.05, 3.63) is 84.1 Å². The fourth-order valence-corrected chi connectivity index (χ4v) is 3.00. The summed E-state index contributed by atoms with van der Waals surface area (Å²) < 4.78 is 46.7. The molecule has 0 aliphatic heterocycles. The molecule has 1 aromatic heterocycles. The number of carbonyl (C=O) groups is 2. The van der Waals surface area contributed by atoms with Crippen molar-refractivity contribution >= 4 is 28.4 Å². The highest BCUT2D eigenvalue weighted by Gasteiger charge is 2.31. The number of nitrogens with one attached hydrogen (secondary N) is 1. The Bertz CT molecular complexity index is 1360. The van der Waals surface area contributed by atoms with Crippen LogP contribution in [-0.4, -0.2) is 28.0 Å². The fourth-order valence-electron chi connectivity index (χ4n) is 3.00. The Labute approximate surface area is 191 Å². The Morgan fingerprint density at radius 3 is 2.00 bits per heavy atom. The van der Waals surface area contributed by atoms with Crippen LogP contribution < -0.4 is 14.8 Å². The van der Waals surface area contributed by atoms with Crippen LogP contribution in [0.4, 0.5) is 18.9 Å². The van der Waals surface area contributed by atoms with Gasteiger partial charge in [0.1, 0.15) is 11.5 Å². The number of hydrogen-bond donors (Lipinski definition) is 1. The molecule has 0 saturated carbocycles. The first-order chi connectivity index (χ1) is 16.2. The Balaban J connectivity index is 1.63. The van der Waals surface area contributed by atoms with Crippen LogP contribution in [0.25, 0.3) is 11.0 Å². The lowest BCUT2D eigenvalue weighted by atomic mass is 10.1. The number of carbonyl (C=O) groups excluding carboxylic acids is 2. The minimum absolute atomic E-state index is 0.111. The van der Waals surface area contributed by atoms with Gasteiger partial charge in [0, 0.05) is 11.3 Å². The zero-order valence-electron chi connectivity index (χ0n) is 17.6. The molecule has 4 aromatic rings. The molecular weight excluding hydrogens is 451 g/mol. The molecule has 0 radical (unpaired) electrons. The van der Waals surface area contributed by atoms with Gasteiger partial charge in [-0.05, 0) is 67.6 Å². The predicted molar refractivity (Wildman–Crippen MR) is 117 cm³/mol. The van der Waals surface area contributed by atoms with E-state index in [1.807, 2.05) is 0 Å². The molecule has 0 bridgehead atoms. The third-order valence-corrected chi connectivity index (χ3v) is 4.57. The number of benzene rings is 3. The number of amides is 1. The summed E-state index contributed by atoms with van der Waals surface area (Å²) in [7, 11) is 0. The quantitative estimate of drug-likeness (QED) is 0.362. The summed E-state index contributed by atoms with van der Waals surface area (Å²) in [6, 6.07) is 17.8. The largest absolute Gasteiger partial charge is 0.573 e. The summed E-state index contributed by atoms with van der Waals surface area (Å²) in [5.41, 5.74) is 1.68. The van der Waals surface area contributed by atoms with E-state index in [1.54, 1.807) is 48.5 Å². The second-order valence-electron chi connectivity index (χ2n) is 7.08. The van der Waals surface area contributed by atoms with Crippen LogP contribution >= 0.6 is 0 Å². The van der Waals surface area contributed by atoms with E-state index in [-0.39, 0.29) is 23.1 Å². The number of halogens is 3. The number of rotatable bonds is 6. The van der Waals surface area contributed by atoms with Crippen molar-refractivity contribution in [2.45, 2.75) is 13.3 Å². The van der Waals surface area contributed by atoms with Crippen LogP contribution in [0.15, 0.2) is 72.8 Å². The molecule has 0 aliphatic rings. The molecule has 0 spiro atoms. The molecule has 1 amide bonds. The number of ether oxygens (including phenoxy) is 2. The lowest BCUT2D eigenvalue weighted by Crippen LogP contribution is -2.17. The van der Waals surface area contributed by atoms with E-state index in [2.05, 4.69) is 20.0 Å². The Morgan fingerprint density at radius 1 is 0.824 bits per heavy atom. The molecule has 34 heavy (non-hydrogen) atoms. The Kier molecular flexibility index (Phi) is 6.13. The first-order valence-electron chi connectivity index (χ1n) is 9.91. The summed E-state index contributed by atoms with van der Waals surface area (Å²) in [5, 5.41) is 2.67. The van der Waals surface area contributed by atoms with Gasteiger partial charge in [-0.15, -0.1) is 13.2 Å². The Hall–Kier alpha value is -4.47. The van der Waals surface area contributed by atoms with Crippen LogP contribution in [-0.2, 0) is 0 Å². The van der Waals surface area contributed by atoms with Crippen LogP contribution in [0.3, 0.4) is 0 Å². The van der Waals surface area contributed by atoms with E-state index in [9.17, 15) is 22.8 Å². The van der Waals surface area contributed by atoms with Gasteiger partial charge in [-0.25, -0.2) is 9.97 Å². The number of fused-ring (bicyclic) bond motifs is 1. The molecule has 0 fully saturated rings. The topological polar surface area (TPSA) is 90.4 Å². The number of nitrogens with zero attached hydrogens (tertiary/aromatic N) is 2. The molecule has 1 heterocycles. The maximum Gasteiger partial charge on any atom is 0.573 e. The maximum absolute atomic E-state index is 13.0. The smallest absolute Gasteiger partial charge is 0.437 e. The van der Waals surface area contributed by atoms with E-state index >= 15 is 0 Å². The number of aromatic nitrogens is 2. The second kappa shape index (κ2) is 9.18. The molecule has 7 nitrogen and oxygen atoms in total. The molecule has 4 rings (SSSR count). The van der Waals surface area contributed by atoms with E-state index in [1.165, 1.54) is 19.1 Å². The van der Waals surface area contributed by atoms with Crippen molar-refractivity contribution in [2.24, 2.45) is 0 Å². The molecule has 0 saturated heterocycles. The minimum Gasteiger partial charge on any atom is -0.437 e. The molecule has 3 aromatic carbocycles.